The quantitative estimate of drug-likeness (QED) is 0.663. The lowest BCUT2D eigenvalue weighted by Gasteiger charge is -2.24. The van der Waals surface area contributed by atoms with Crippen molar-refractivity contribution in [1.82, 2.24) is 9.80 Å². The van der Waals surface area contributed by atoms with Gasteiger partial charge < -0.3 is 14.9 Å². The first-order valence-electron chi connectivity index (χ1n) is 4.55. The summed E-state index contributed by atoms with van der Waals surface area (Å²) in [5, 5.41) is 16.9. The summed E-state index contributed by atoms with van der Waals surface area (Å²) in [6, 6.07) is 1.41. The van der Waals surface area contributed by atoms with Crippen molar-refractivity contribution < 1.29 is 14.7 Å². The Morgan fingerprint density at radius 2 is 2.12 bits per heavy atom. The van der Waals surface area contributed by atoms with Crippen LogP contribution in [-0.4, -0.2) is 53.6 Å². The molecular weight excluding hydrogens is 210 g/mol. The monoisotopic (exact) mass is 223 g/mol. The average molecular weight is 223 g/mol. The van der Waals surface area contributed by atoms with E-state index in [1.54, 1.807) is 0 Å². The highest BCUT2D eigenvalue weighted by Crippen LogP contribution is 1.97. The van der Waals surface area contributed by atoms with Crippen molar-refractivity contribution in [3.05, 3.63) is 0 Å². The maximum atomic E-state index is 11.7. The maximum absolute atomic E-state index is 11.7. The number of urea groups is 1. The van der Waals surface area contributed by atoms with Crippen molar-refractivity contribution in [1.29, 1.82) is 5.26 Å². The molecule has 0 aromatic heterocycles. The van der Waals surface area contributed by atoms with Gasteiger partial charge in [0.15, 0.2) is 0 Å². The molecule has 0 aliphatic carbocycles. The van der Waals surface area contributed by atoms with Crippen LogP contribution in [0.1, 0.15) is 6.42 Å². The SMILES string of the molecule is C#CCN(CC(=O)O)C(=O)N(C)CCC#N. The van der Waals surface area contributed by atoms with Crippen LogP contribution in [-0.2, 0) is 4.79 Å². The van der Waals surface area contributed by atoms with Crippen molar-refractivity contribution in [2.24, 2.45) is 0 Å². The summed E-state index contributed by atoms with van der Waals surface area (Å²) in [5.41, 5.74) is 0. The van der Waals surface area contributed by atoms with Crippen LogP contribution in [0, 0.1) is 23.7 Å². The fourth-order valence-corrected chi connectivity index (χ4v) is 1.02. The summed E-state index contributed by atoms with van der Waals surface area (Å²) in [4.78, 5) is 24.4. The van der Waals surface area contributed by atoms with Gasteiger partial charge in [-0.1, -0.05) is 5.92 Å². The minimum absolute atomic E-state index is 0.0674. The van der Waals surface area contributed by atoms with E-state index >= 15 is 0 Å². The van der Waals surface area contributed by atoms with Gasteiger partial charge in [0.05, 0.1) is 19.0 Å². The third kappa shape index (κ3) is 4.87. The summed E-state index contributed by atoms with van der Waals surface area (Å²) in [5.74, 6) is 1.09. The normalized spacial score (nSPS) is 8.69. The Kier molecular flexibility index (Phi) is 6.15. The summed E-state index contributed by atoms with van der Waals surface area (Å²) in [6.45, 7) is -0.266. The van der Waals surface area contributed by atoms with Crippen LogP contribution in [0.4, 0.5) is 4.79 Å². The lowest BCUT2D eigenvalue weighted by atomic mass is 10.4. The highest BCUT2D eigenvalue weighted by Gasteiger charge is 2.19. The van der Waals surface area contributed by atoms with Gasteiger partial charge in [0.1, 0.15) is 6.54 Å². The Bertz CT molecular complexity index is 340. The number of carbonyl (C=O) groups excluding carboxylic acids is 1. The maximum Gasteiger partial charge on any atom is 0.323 e. The minimum Gasteiger partial charge on any atom is -0.480 e. The molecule has 0 heterocycles. The van der Waals surface area contributed by atoms with Crippen LogP contribution in [0.5, 0.6) is 0 Å². The molecule has 2 amide bonds. The number of nitriles is 1. The van der Waals surface area contributed by atoms with E-state index in [1.165, 1.54) is 11.9 Å². The first kappa shape index (κ1) is 13.8. The van der Waals surface area contributed by atoms with Crippen molar-refractivity contribution in [3.8, 4) is 18.4 Å². The van der Waals surface area contributed by atoms with E-state index in [1.807, 2.05) is 6.07 Å². The highest BCUT2D eigenvalue weighted by atomic mass is 16.4. The van der Waals surface area contributed by atoms with E-state index in [4.69, 9.17) is 16.8 Å². The van der Waals surface area contributed by atoms with Gasteiger partial charge in [-0.3, -0.25) is 4.79 Å². The Labute approximate surface area is 94.1 Å². The molecule has 0 unspecified atom stereocenters. The number of carboxylic acids is 1. The zero-order valence-corrected chi connectivity index (χ0v) is 9.01. The van der Waals surface area contributed by atoms with Crippen LogP contribution in [0.3, 0.4) is 0 Å². The van der Waals surface area contributed by atoms with Crippen LogP contribution in [0.25, 0.3) is 0 Å². The molecule has 0 rings (SSSR count). The van der Waals surface area contributed by atoms with Gasteiger partial charge in [-0.2, -0.15) is 5.26 Å². The third-order valence-electron chi connectivity index (χ3n) is 1.76. The van der Waals surface area contributed by atoms with Gasteiger partial charge in [0.2, 0.25) is 0 Å². The summed E-state index contributed by atoms with van der Waals surface area (Å²) < 4.78 is 0. The fourth-order valence-electron chi connectivity index (χ4n) is 1.02. The minimum atomic E-state index is -1.13. The lowest BCUT2D eigenvalue weighted by Crippen LogP contribution is -2.44. The summed E-state index contributed by atoms with van der Waals surface area (Å²) in [7, 11) is 1.49. The molecule has 0 radical (unpaired) electrons. The van der Waals surface area contributed by atoms with Gasteiger partial charge in [-0.05, 0) is 0 Å². The standard InChI is InChI=1S/C10H13N3O3/c1-3-6-13(8-9(14)15)10(16)12(2)7-4-5-11/h1H,4,6-8H2,2H3,(H,14,15). The molecule has 0 aliphatic heterocycles. The lowest BCUT2D eigenvalue weighted by molar-refractivity contribution is -0.137. The Morgan fingerprint density at radius 3 is 2.56 bits per heavy atom. The molecule has 1 N–H and O–H groups in total. The van der Waals surface area contributed by atoms with Gasteiger partial charge in [0.25, 0.3) is 0 Å². The Hall–Kier alpha value is -2.21. The number of hydrogen-bond acceptors (Lipinski definition) is 3. The molecular formula is C10H13N3O3. The molecule has 6 heteroatoms. The molecule has 0 spiro atoms. The molecule has 0 saturated carbocycles. The largest absolute Gasteiger partial charge is 0.480 e. The van der Waals surface area contributed by atoms with Crippen molar-refractivity contribution in [2.45, 2.75) is 6.42 Å². The second-order valence-corrected chi connectivity index (χ2v) is 3.07. The molecule has 0 aliphatic rings. The number of carboxylic acid groups (broad SMARTS) is 1. The zero-order chi connectivity index (χ0) is 12.6. The van der Waals surface area contributed by atoms with E-state index < -0.39 is 18.5 Å². The van der Waals surface area contributed by atoms with Crippen LogP contribution in [0.15, 0.2) is 0 Å². The number of aliphatic carboxylic acids is 1. The van der Waals surface area contributed by atoms with Gasteiger partial charge in [0, 0.05) is 13.6 Å². The van der Waals surface area contributed by atoms with E-state index in [0.717, 1.165) is 4.90 Å². The number of rotatable bonds is 5. The van der Waals surface area contributed by atoms with E-state index in [9.17, 15) is 9.59 Å². The average Bonchev–Trinajstić information content (AvgIpc) is 2.23. The van der Waals surface area contributed by atoms with E-state index in [2.05, 4.69) is 5.92 Å². The topological polar surface area (TPSA) is 84.6 Å². The number of terminal acetylenes is 1. The highest BCUT2D eigenvalue weighted by molar-refractivity contribution is 5.80. The summed E-state index contributed by atoms with van der Waals surface area (Å²) >= 11 is 0. The first-order valence-corrected chi connectivity index (χ1v) is 4.55. The van der Waals surface area contributed by atoms with Crippen molar-refractivity contribution in [2.75, 3.05) is 26.7 Å². The second-order valence-electron chi connectivity index (χ2n) is 3.07. The van der Waals surface area contributed by atoms with Crippen molar-refractivity contribution in [3.63, 3.8) is 0 Å². The van der Waals surface area contributed by atoms with Crippen LogP contribution < -0.4 is 0 Å². The number of nitrogens with zero attached hydrogens (tertiary/aromatic N) is 3. The van der Waals surface area contributed by atoms with Gasteiger partial charge in [-0.25, -0.2) is 4.79 Å². The number of amides is 2. The van der Waals surface area contributed by atoms with Crippen LogP contribution >= 0.6 is 0 Å². The molecule has 6 nitrogen and oxygen atoms in total. The first-order chi connectivity index (χ1) is 7.52. The molecule has 0 aromatic carbocycles. The number of hydrogen-bond donors (Lipinski definition) is 1. The molecule has 86 valence electrons. The predicted molar refractivity (Wildman–Crippen MR) is 56.3 cm³/mol. The third-order valence-corrected chi connectivity index (χ3v) is 1.76. The second kappa shape index (κ2) is 7.13. The number of carbonyl (C=O) groups is 2. The predicted octanol–water partition coefficient (Wildman–Crippen LogP) is -0.0283. The van der Waals surface area contributed by atoms with E-state index in [-0.39, 0.29) is 19.5 Å². The smallest absolute Gasteiger partial charge is 0.323 e. The molecule has 16 heavy (non-hydrogen) atoms. The molecule has 0 bridgehead atoms. The van der Waals surface area contributed by atoms with Crippen LogP contribution in [0.2, 0.25) is 0 Å². The molecule has 0 atom stereocenters. The molecule has 0 fully saturated rings. The Morgan fingerprint density at radius 1 is 1.50 bits per heavy atom. The zero-order valence-electron chi connectivity index (χ0n) is 9.01. The fraction of sp³-hybridized carbons (Fsp3) is 0.500. The summed E-state index contributed by atoms with van der Waals surface area (Å²) in [6.07, 6.45) is 5.23. The molecule has 0 saturated heterocycles. The van der Waals surface area contributed by atoms with Crippen molar-refractivity contribution >= 4 is 12.0 Å². The van der Waals surface area contributed by atoms with Gasteiger partial charge in [-0.15, -0.1) is 6.42 Å². The van der Waals surface area contributed by atoms with E-state index in [0.29, 0.717) is 0 Å². The molecule has 0 aromatic rings. The Balaban J connectivity index is 4.43. The van der Waals surface area contributed by atoms with Gasteiger partial charge >= 0.3 is 12.0 Å².